The van der Waals surface area contributed by atoms with Gasteiger partial charge in [0.1, 0.15) is 0 Å². The van der Waals surface area contributed by atoms with Gasteiger partial charge in [0.25, 0.3) is 0 Å². The van der Waals surface area contributed by atoms with E-state index in [0.29, 0.717) is 6.42 Å². The Morgan fingerprint density at radius 1 is 1.40 bits per heavy atom. The third kappa shape index (κ3) is 3.06. The predicted octanol–water partition coefficient (Wildman–Crippen LogP) is 1.08. The SMILES string of the molecule is CNC(C)(CCc1ccccc1)C(N)=O. The topological polar surface area (TPSA) is 55.1 Å². The standard InChI is InChI=1S/C12H18N2O/c1-12(14-2,11(13)15)9-8-10-6-4-3-5-7-10/h3-7,14H,8-9H2,1-2H3,(H2,13,15). The molecule has 15 heavy (non-hydrogen) atoms. The fourth-order valence-corrected chi connectivity index (χ4v) is 1.41. The van der Waals surface area contributed by atoms with Gasteiger partial charge >= 0.3 is 0 Å². The summed E-state index contributed by atoms with van der Waals surface area (Å²) >= 11 is 0. The van der Waals surface area contributed by atoms with E-state index in [1.165, 1.54) is 5.56 Å². The maximum atomic E-state index is 11.2. The quantitative estimate of drug-likeness (QED) is 0.757. The van der Waals surface area contributed by atoms with Crippen LogP contribution >= 0.6 is 0 Å². The van der Waals surface area contributed by atoms with Crippen LogP contribution in [0.2, 0.25) is 0 Å². The minimum atomic E-state index is -0.615. The molecular formula is C12H18N2O. The molecule has 1 rings (SSSR count). The molecule has 1 aromatic carbocycles. The number of hydrogen-bond acceptors (Lipinski definition) is 2. The number of benzene rings is 1. The lowest BCUT2D eigenvalue weighted by Crippen LogP contribution is -2.51. The van der Waals surface area contributed by atoms with E-state index in [-0.39, 0.29) is 5.91 Å². The summed E-state index contributed by atoms with van der Waals surface area (Å²) in [6.07, 6.45) is 1.56. The van der Waals surface area contributed by atoms with Crippen molar-refractivity contribution in [2.75, 3.05) is 7.05 Å². The Hall–Kier alpha value is -1.35. The lowest BCUT2D eigenvalue weighted by molar-refractivity contribution is -0.123. The van der Waals surface area contributed by atoms with E-state index in [2.05, 4.69) is 17.4 Å². The van der Waals surface area contributed by atoms with Gasteiger partial charge in [0, 0.05) is 0 Å². The highest BCUT2D eigenvalue weighted by Gasteiger charge is 2.28. The molecule has 1 atom stereocenters. The molecule has 3 heteroatoms. The van der Waals surface area contributed by atoms with Crippen molar-refractivity contribution in [3.8, 4) is 0 Å². The second-order valence-electron chi connectivity index (χ2n) is 3.93. The molecule has 3 N–H and O–H groups in total. The number of carbonyl (C=O) groups is 1. The van der Waals surface area contributed by atoms with Crippen LogP contribution in [0.5, 0.6) is 0 Å². The van der Waals surface area contributed by atoms with E-state index in [4.69, 9.17) is 5.73 Å². The van der Waals surface area contributed by atoms with Crippen molar-refractivity contribution >= 4 is 5.91 Å². The number of nitrogens with one attached hydrogen (secondary N) is 1. The summed E-state index contributed by atoms with van der Waals surface area (Å²) in [7, 11) is 1.76. The van der Waals surface area contributed by atoms with Crippen LogP contribution < -0.4 is 11.1 Å². The summed E-state index contributed by atoms with van der Waals surface area (Å²) < 4.78 is 0. The van der Waals surface area contributed by atoms with Crippen molar-refractivity contribution in [2.45, 2.75) is 25.3 Å². The van der Waals surface area contributed by atoms with Gasteiger partial charge in [-0.15, -0.1) is 0 Å². The summed E-state index contributed by atoms with van der Waals surface area (Å²) in [6.45, 7) is 1.83. The van der Waals surface area contributed by atoms with Crippen LogP contribution in [-0.2, 0) is 11.2 Å². The van der Waals surface area contributed by atoms with Crippen molar-refractivity contribution in [3.05, 3.63) is 35.9 Å². The van der Waals surface area contributed by atoms with Crippen molar-refractivity contribution in [1.29, 1.82) is 0 Å². The van der Waals surface area contributed by atoms with Gasteiger partial charge in [-0.3, -0.25) is 4.79 Å². The van der Waals surface area contributed by atoms with Gasteiger partial charge < -0.3 is 11.1 Å². The van der Waals surface area contributed by atoms with Crippen LogP contribution in [0.25, 0.3) is 0 Å². The number of amides is 1. The smallest absolute Gasteiger partial charge is 0.237 e. The molecule has 1 unspecified atom stereocenters. The number of hydrogen-bond donors (Lipinski definition) is 2. The third-order valence-electron chi connectivity index (χ3n) is 2.85. The van der Waals surface area contributed by atoms with E-state index < -0.39 is 5.54 Å². The Labute approximate surface area is 90.7 Å². The van der Waals surface area contributed by atoms with Crippen LogP contribution in [0.1, 0.15) is 18.9 Å². The second kappa shape index (κ2) is 4.94. The molecule has 0 heterocycles. The number of carbonyl (C=O) groups excluding carboxylic acids is 1. The third-order valence-corrected chi connectivity index (χ3v) is 2.85. The largest absolute Gasteiger partial charge is 0.368 e. The fraction of sp³-hybridized carbons (Fsp3) is 0.417. The van der Waals surface area contributed by atoms with Gasteiger partial charge in [-0.05, 0) is 32.4 Å². The van der Waals surface area contributed by atoms with Crippen LogP contribution in [-0.4, -0.2) is 18.5 Å². The van der Waals surface area contributed by atoms with E-state index in [0.717, 1.165) is 6.42 Å². The van der Waals surface area contributed by atoms with Gasteiger partial charge in [-0.2, -0.15) is 0 Å². The molecule has 0 aliphatic heterocycles. The average molecular weight is 206 g/mol. The Morgan fingerprint density at radius 3 is 2.47 bits per heavy atom. The monoisotopic (exact) mass is 206 g/mol. The van der Waals surface area contributed by atoms with Crippen LogP contribution in [0.15, 0.2) is 30.3 Å². The summed E-state index contributed by atoms with van der Waals surface area (Å²) in [4.78, 5) is 11.2. The molecule has 0 spiro atoms. The Bertz CT molecular complexity index is 324. The minimum Gasteiger partial charge on any atom is -0.368 e. The van der Waals surface area contributed by atoms with Gasteiger partial charge in [0.15, 0.2) is 0 Å². The summed E-state index contributed by atoms with van der Waals surface area (Å²) in [6, 6.07) is 10.1. The fourth-order valence-electron chi connectivity index (χ4n) is 1.41. The first-order chi connectivity index (χ1) is 7.08. The zero-order valence-electron chi connectivity index (χ0n) is 9.29. The van der Waals surface area contributed by atoms with Gasteiger partial charge in [-0.25, -0.2) is 0 Å². The second-order valence-corrected chi connectivity index (χ2v) is 3.93. The number of nitrogens with two attached hydrogens (primary N) is 1. The van der Waals surface area contributed by atoms with E-state index in [1.54, 1.807) is 7.05 Å². The van der Waals surface area contributed by atoms with Gasteiger partial charge in [-0.1, -0.05) is 30.3 Å². The lowest BCUT2D eigenvalue weighted by atomic mass is 9.93. The van der Waals surface area contributed by atoms with Crippen LogP contribution in [0.3, 0.4) is 0 Å². The summed E-state index contributed by atoms with van der Waals surface area (Å²) in [5.41, 5.74) is 5.95. The first-order valence-electron chi connectivity index (χ1n) is 5.11. The van der Waals surface area contributed by atoms with Crippen LogP contribution in [0.4, 0.5) is 0 Å². The summed E-state index contributed by atoms with van der Waals surface area (Å²) in [5, 5.41) is 2.97. The van der Waals surface area contributed by atoms with E-state index >= 15 is 0 Å². The molecule has 0 bridgehead atoms. The molecule has 0 aromatic heterocycles. The zero-order chi connectivity index (χ0) is 11.3. The highest BCUT2D eigenvalue weighted by molar-refractivity contribution is 5.84. The van der Waals surface area contributed by atoms with E-state index in [9.17, 15) is 4.79 Å². The predicted molar refractivity (Wildman–Crippen MR) is 61.4 cm³/mol. The van der Waals surface area contributed by atoms with Crippen molar-refractivity contribution in [3.63, 3.8) is 0 Å². The average Bonchev–Trinajstić information content (AvgIpc) is 2.27. The van der Waals surface area contributed by atoms with E-state index in [1.807, 2.05) is 25.1 Å². The summed E-state index contributed by atoms with van der Waals surface area (Å²) in [5.74, 6) is -0.305. The Morgan fingerprint density at radius 2 is 2.00 bits per heavy atom. The Balaban J connectivity index is 2.59. The first-order valence-corrected chi connectivity index (χ1v) is 5.11. The highest BCUT2D eigenvalue weighted by Crippen LogP contribution is 2.13. The number of primary amides is 1. The van der Waals surface area contributed by atoms with Gasteiger partial charge in [0.05, 0.1) is 5.54 Å². The lowest BCUT2D eigenvalue weighted by Gasteiger charge is -2.25. The molecular weight excluding hydrogens is 188 g/mol. The molecule has 82 valence electrons. The molecule has 0 saturated heterocycles. The molecule has 0 aliphatic rings. The zero-order valence-corrected chi connectivity index (χ0v) is 9.29. The molecule has 1 amide bonds. The molecule has 0 saturated carbocycles. The highest BCUT2D eigenvalue weighted by atomic mass is 16.1. The number of rotatable bonds is 5. The van der Waals surface area contributed by atoms with Gasteiger partial charge in [0.2, 0.25) is 5.91 Å². The molecule has 3 nitrogen and oxygen atoms in total. The first kappa shape index (κ1) is 11.7. The van der Waals surface area contributed by atoms with Crippen molar-refractivity contribution in [2.24, 2.45) is 5.73 Å². The molecule has 1 aromatic rings. The maximum Gasteiger partial charge on any atom is 0.237 e. The molecule has 0 aliphatic carbocycles. The van der Waals surface area contributed by atoms with Crippen molar-refractivity contribution in [1.82, 2.24) is 5.32 Å². The minimum absolute atomic E-state index is 0.305. The van der Waals surface area contributed by atoms with Crippen molar-refractivity contribution < 1.29 is 4.79 Å². The molecule has 0 radical (unpaired) electrons. The van der Waals surface area contributed by atoms with Crippen LogP contribution in [0, 0.1) is 0 Å². The Kier molecular flexibility index (Phi) is 3.86. The number of aryl methyl sites for hydroxylation is 1. The molecule has 0 fully saturated rings. The number of likely N-dealkylation sites (N-methyl/N-ethyl adjacent to an activating group) is 1. The maximum absolute atomic E-state index is 11.2. The normalized spacial score (nSPS) is 14.5.